The van der Waals surface area contributed by atoms with Gasteiger partial charge in [-0.15, -0.1) is 0 Å². The van der Waals surface area contributed by atoms with E-state index in [9.17, 15) is 18.9 Å². The van der Waals surface area contributed by atoms with Gasteiger partial charge in [0.05, 0.1) is 11.0 Å². The molecule has 2 aromatic rings. The normalized spacial score (nSPS) is 10.5. The van der Waals surface area contributed by atoms with E-state index in [0.717, 1.165) is 0 Å². The summed E-state index contributed by atoms with van der Waals surface area (Å²) in [6.45, 7) is 0. The summed E-state index contributed by atoms with van der Waals surface area (Å²) in [5.41, 5.74) is -0.399. The maximum absolute atomic E-state index is 13.8. The van der Waals surface area contributed by atoms with Gasteiger partial charge in [0.25, 0.3) is 0 Å². The van der Waals surface area contributed by atoms with Gasteiger partial charge in [0.15, 0.2) is 11.6 Å². The topological polar surface area (TPSA) is 52.4 Å². The fourth-order valence-electron chi connectivity index (χ4n) is 1.62. The first kappa shape index (κ1) is 15.7. The predicted octanol–water partition coefficient (Wildman–Crippen LogP) is 5.21. The van der Waals surface area contributed by atoms with Gasteiger partial charge in [-0.3, -0.25) is 10.1 Å². The van der Waals surface area contributed by atoms with Crippen LogP contribution in [0.2, 0.25) is 5.02 Å². The molecule has 4 nitrogen and oxygen atoms in total. The van der Waals surface area contributed by atoms with Gasteiger partial charge in [-0.05, 0) is 12.1 Å². The van der Waals surface area contributed by atoms with Crippen molar-refractivity contribution in [3.63, 3.8) is 0 Å². The summed E-state index contributed by atoms with van der Waals surface area (Å²) in [5.74, 6) is -2.45. The molecule has 0 aromatic heterocycles. The number of nitro groups is 1. The minimum absolute atomic E-state index is 0.228. The second kappa shape index (κ2) is 6.36. The lowest BCUT2D eigenvalue weighted by molar-refractivity contribution is -0.387. The molecule has 0 N–H and O–H groups in total. The molecule has 0 amide bonds. The summed E-state index contributed by atoms with van der Waals surface area (Å²) in [4.78, 5) is 9.51. The Balaban J connectivity index is 2.43. The van der Waals surface area contributed by atoms with E-state index in [0.29, 0.717) is 28.0 Å². The monoisotopic (exact) mass is 377 g/mol. The number of ether oxygens (including phenoxy) is 1. The Morgan fingerprint density at radius 3 is 2.57 bits per heavy atom. The van der Waals surface area contributed by atoms with Gasteiger partial charge < -0.3 is 4.74 Å². The molecule has 0 radical (unpaired) electrons. The smallest absolute Gasteiger partial charge is 0.307 e. The van der Waals surface area contributed by atoms with E-state index < -0.39 is 28.0 Å². The lowest BCUT2D eigenvalue weighted by Crippen LogP contribution is -1.98. The number of nitrogens with zero attached hydrogens (tertiary/aromatic N) is 1. The lowest BCUT2D eigenvalue weighted by Gasteiger charge is -2.11. The third-order valence-corrected chi connectivity index (χ3v) is 3.54. The van der Waals surface area contributed by atoms with Crippen LogP contribution in [-0.2, 0) is 5.33 Å². The minimum Gasteiger partial charge on any atom is -0.454 e. The summed E-state index contributed by atoms with van der Waals surface area (Å²) >= 11 is 9.18. The highest BCUT2D eigenvalue weighted by atomic mass is 79.9. The van der Waals surface area contributed by atoms with Crippen LogP contribution in [0, 0.1) is 21.7 Å². The van der Waals surface area contributed by atoms with Crippen LogP contribution in [-0.4, -0.2) is 4.92 Å². The molecule has 0 saturated carbocycles. The van der Waals surface area contributed by atoms with Crippen LogP contribution in [0.3, 0.4) is 0 Å². The molecule has 0 fully saturated rings. The van der Waals surface area contributed by atoms with Crippen molar-refractivity contribution in [2.45, 2.75) is 5.33 Å². The fraction of sp³-hybridized carbons (Fsp3) is 0.0769. The number of alkyl halides is 1. The highest BCUT2D eigenvalue weighted by Crippen LogP contribution is 2.35. The van der Waals surface area contributed by atoms with Gasteiger partial charge in [0.1, 0.15) is 5.75 Å². The van der Waals surface area contributed by atoms with Crippen LogP contribution >= 0.6 is 27.5 Å². The fourth-order valence-corrected chi connectivity index (χ4v) is 2.59. The molecule has 0 aliphatic rings. The number of nitro benzene ring substituents is 1. The van der Waals surface area contributed by atoms with Crippen molar-refractivity contribution in [2.75, 3.05) is 0 Å². The quantitative estimate of drug-likeness (QED) is 0.417. The zero-order valence-electron chi connectivity index (χ0n) is 10.3. The number of hydrogen-bond donors (Lipinski definition) is 0. The van der Waals surface area contributed by atoms with E-state index in [-0.39, 0.29) is 5.75 Å². The minimum atomic E-state index is -1.18. The molecule has 0 unspecified atom stereocenters. The summed E-state index contributed by atoms with van der Waals surface area (Å²) < 4.78 is 32.6. The van der Waals surface area contributed by atoms with E-state index in [1.807, 2.05) is 0 Å². The maximum atomic E-state index is 13.8. The van der Waals surface area contributed by atoms with Crippen molar-refractivity contribution in [1.82, 2.24) is 0 Å². The zero-order valence-corrected chi connectivity index (χ0v) is 12.6. The average Bonchev–Trinajstić information content (AvgIpc) is 2.42. The number of rotatable bonds is 4. The Bertz CT molecular complexity index is 712. The van der Waals surface area contributed by atoms with Crippen LogP contribution in [0.1, 0.15) is 5.56 Å². The molecular weight excluding hydrogens is 372 g/mol. The van der Waals surface area contributed by atoms with E-state index in [4.69, 9.17) is 16.3 Å². The van der Waals surface area contributed by atoms with Crippen LogP contribution in [0.15, 0.2) is 30.3 Å². The van der Waals surface area contributed by atoms with Crippen molar-refractivity contribution >= 4 is 33.2 Å². The van der Waals surface area contributed by atoms with E-state index in [1.165, 1.54) is 6.07 Å². The second-order valence-electron chi connectivity index (χ2n) is 3.94. The molecule has 0 saturated heterocycles. The van der Waals surface area contributed by atoms with Gasteiger partial charge in [0.2, 0.25) is 5.82 Å². The van der Waals surface area contributed by atoms with E-state index in [2.05, 4.69) is 15.9 Å². The Kier molecular flexibility index (Phi) is 4.74. The van der Waals surface area contributed by atoms with Gasteiger partial charge in [-0.2, -0.15) is 4.39 Å². The molecule has 21 heavy (non-hydrogen) atoms. The molecule has 0 heterocycles. The number of benzene rings is 2. The van der Waals surface area contributed by atoms with Gasteiger partial charge >= 0.3 is 5.69 Å². The molecule has 0 atom stereocenters. The second-order valence-corrected chi connectivity index (χ2v) is 4.91. The molecule has 0 spiro atoms. The van der Waals surface area contributed by atoms with Crippen LogP contribution in [0.25, 0.3) is 0 Å². The Morgan fingerprint density at radius 2 is 1.95 bits per heavy atom. The van der Waals surface area contributed by atoms with Crippen molar-refractivity contribution in [2.24, 2.45) is 0 Å². The first-order valence-electron chi connectivity index (χ1n) is 5.58. The van der Waals surface area contributed by atoms with Crippen molar-refractivity contribution in [3.05, 3.63) is 62.7 Å². The Hall–Kier alpha value is -1.73. The molecule has 2 aromatic carbocycles. The molecular formula is C13H7BrClF2NO3. The standard InChI is InChI=1S/C13H7BrClF2NO3/c14-6-7-8(15)2-1-3-12(7)21-13-5-9(16)11(18(19)20)4-10(13)17/h1-5H,6H2. The SMILES string of the molecule is O=[N+]([O-])c1cc(F)c(Oc2cccc(Cl)c2CBr)cc1F. The Labute approximate surface area is 131 Å². The Morgan fingerprint density at radius 1 is 1.24 bits per heavy atom. The van der Waals surface area contributed by atoms with Crippen molar-refractivity contribution in [1.29, 1.82) is 0 Å². The molecule has 2 rings (SSSR count). The predicted molar refractivity (Wildman–Crippen MR) is 77.2 cm³/mol. The lowest BCUT2D eigenvalue weighted by atomic mass is 10.2. The largest absolute Gasteiger partial charge is 0.454 e. The summed E-state index contributed by atoms with van der Waals surface area (Å²) in [7, 11) is 0. The number of halogens is 4. The molecule has 8 heteroatoms. The molecule has 110 valence electrons. The summed E-state index contributed by atoms with van der Waals surface area (Å²) in [6.07, 6.45) is 0. The van der Waals surface area contributed by atoms with Crippen LogP contribution in [0.4, 0.5) is 14.5 Å². The summed E-state index contributed by atoms with van der Waals surface area (Å²) in [5, 5.41) is 11.3. The van der Waals surface area contributed by atoms with Crippen molar-refractivity contribution in [3.8, 4) is 11.5 Å². The van der Waals surface area contributed by atoms with Crippen LogP contribution in [0.5, 0.6) is 11.5 Å². The van der Waals surface area contributed by atoms with E-state index >= 15 is 0 Å². The first-order valence-corrected chi connectivity index (χ1v) is 7.08. The third-order valence-electron chi connectivity index (χ3n) is 2.63. The summed E-state index contributed by atoms with van der Waals surface area (Å²) in [6, 6.07) is 5.85. The average molecular weight is 379 g/mol. The van der Waals surface area contributed by atoms with E-state index in [1.54, 1.807) is 12.1 Å². The van der Waals surface area contributed by atoms with Crippen molar-refractivity contribution < 1.29 is 18.4 Å². The molecule has 0 aliphatic heterocycles. The zero-order chi connectivity index (χ0) is 15.6. The highest BCUT2D eigenvalue weighted by molar-refractivity contribution is 9.08. The van der Waals surface area contributed by atoms with Gasteiger partial charge in [0, 0.05) is 22.0 Å². The first-order chi connectivity index (χ1) is 9.93. The maximum Gasteiger partial charge on any atom is 0.307 e. The highest BCUT2D eigenvalue weighted by Gasteiger charge is 2.20. The molecule has 0 bridgehead atoms. The molecule has 0 aliphatic carbocycles. The van der Waals surface area contributed by atoms with Crippen LogP contribution < -0.4 is 4.74 Å². The van der Waals surface area contributed by atoms with Gasteiger partial charge in [-0.1, -0.05) is 33.6 Å². The van der Waals surface area contributed by atoms with Gasteiger partial charge in [-0.25, -0.2) is 4.39 Å². The third kappa shape index (κ3) is 3.30. The number of hydrogen-bond acceptors (Lipinski definition) is 3.